The predicted octanol–water partition coefficient (Wildman–Crippen LogP) is 1.10. The number of aromatic nitrogens is 2. The molecule has 1 fully saturated rings. The van der Waals surface area contributed by atoms with Gasteiger partial charge in [0.05, 0.1) is 6.26 Å². The molecule has 2 rings (SSSR count). The van der Waals surface area contributed by atoms with E-state index in [-0.39, 0.29) is 11.9 Å². The molecule has 0 saturated carbocycles. The van der Waals surface area contributed by atoms with Gasteiger partial charge in [0, 0.05) is 38.5 Å². The van der Waals surface area contributed by atoms with Crippen molar-refractivity contribution in [1.29, 1.82) is 0 Å². The van der Waals surface area contributed by atoms with Crippen LogP contribution in [0.5, 0.6) is 0 Å². The highest BCUT2D eigenvalue weighted by Crippen LogP contribution is 2.26. The highest BCUT2D eigenvalue weighted by atomic mass is 32.2. The molecule has 0 bridgehead atoms. The summed E-state index contributed by atoms with van der Waals surface area (Å²) in [5.74, 6) is 1.76. The number of carbonyl (C=O) groups is 1. The third kappa shape index (κ3) is 6.56. The Kier molecular flexibility index (Phi) is 7.39. The summed E-state index contributed by atoms with van der Waals surface area (Å²) in [4.78, 5) is 16.0. The monoisotopic (exact) mass is 387 g/mol. The molecule has 1 aliphatic rings. The summed E-state index contributed by atoms with van der Waals surface area (Å²) in [6, 6.07) is -0.196. The number of sulfonamides is 1. The summed E-state index contributed by atoms with van der Waals surface area (Å²) in [6.45, 7) is 6.24. The molecule has 148 valence electrons. The summed E-state index contributed by atoms with van der Waals surface area (Å²) >= 11 is 0. The first-order valence-electron chi connectivity index (χ1n) is 9.05. The van der Waals surface area contributed by atoms with Gasteiger partial charge in [-0.25, -0.2) is 17.5 Å². The van der Waals surface area contributed by atoms with Crippen LogP contribution in [0.15, 0.2) is 4.52 Å². The van der Waals surface area contributed by atoms with Crippen molar-refractivity contribution in [2.45, 2.75) is 45.4 Å². The molecular formula is C16H29N5O4S. The quantitative estimate of drug-likeness (QED) is 0.690. The number of hydrogen-bond donors (Lipinski definition) is 2. The van der Waals surface area contributed by atoms with Gasteiger partial charge < -0.3 is 15.2 Å². The van der Waals surface area contributed by atoms with E-state index >= 15 is 0 Å². The van der Waals surface area contributed by atoms with Crippen molar-refractivity contribution in [2.75, 3.05) is 32.4 Å². The number of amides is 2. The average Bonchev–Trinajstić information content (AvgIpc) is 3.03. The highest BCUT2D eigenvalue weighted by Gasteiger charge is 2.28. The Hall–Kier alpha value is -1.68. The Bertz CT molecular complexity index is 681. The van der Waals surface area contributed by atoms with E-state index in [0.717, 1.165) is 6.42 Å². The van der Waals surface area contributed by atoms with E-state index < -0.39 is 10.0 Å². The third-order valence-electron chi connectivity index (χ3n) is 4.40. The number of urea groups is 1. The molecule has 2 amide bonds. The van der Waals surface area contributed by atoms with Crippen molar-refractivity contribution in [3.8, 4) is 0 Å². The number of nitrogens with zero attached hydrogens (tertiary/aromatic N) is 3. The maximum absolute atomic E-state index is 11.6. The van der Waals surface area contributed by atoms with E-state index in [9.17, 15) is 13.2 Å². The molecule has 0 aliphatic carbocycles. The number of piperidine rings is 1. The minimum atomic E-state index is -3.14. The zero-order chi connectivity index (χ0) is 19.2. The zero-order valence-corrected chi connectivity index (χ0v) is 16.5. The fourth-order valence-corrected chi connectivity index (χ4v) is 3.67. The van der Waals surface area contributed by atoms with E-state index in [1.54, 1.807) is 0 Å². The van der Waals surface area contributed by atoms with Gasteiger partial charge in [0.25, 0.3) is 0 Å². The molecule has 2 N–H and O–H groups in total. The van der Waals surface area contributed by atoms with Gasteiger partial charge in [-0.05, 0) is 25.2 Å². The van der Waals surface area contributed by atoms with Gasteiger partial charge in [-0.1, -0.05) is 19.0 Å². The van der Waals surface area contributed by atoms with E-state index in [0.29, 0.717) is 63.1 Å². The highest BCUT2D eigenvalue weighted by molar-refractivity contribution is 7.88. The second kappa shape index (κ2) is 9.31. The van der Waals surface area contributed by atoms with Crippen molar-refractivity contribution in [3.63, 3.8) is 0 Å². The van der Waals surface area contributed by atoms with Crippen LogP contribution in [0.1, 0.15) is 50.7 Å². The van der Waals surface area contributed by atoms with Crippen molar-refractivity contribution in [2.24, 2.45) is 5.92 Å². The van der Waals surface area contributed by atoms with Crippen LogP contribution in [-0.4, -0.2) is 61.3 Å². The van der Waals surface area contributed by atoms with Gasteiger partial charge in [0.2, 0.25) is 15.9 Å². The Morgan fingerprint density at radius 2 is 1.92 bits per heavy atom. The van der Waals surface area contributed by atoms with Crippen molar-refractivity contribution in [3.05, 3.63) is 11.7 Å². The minimum Gasteiger partial charge on any atom is -0.339 e. The summed E-state index contributed by atoms with van der Waals surface area (Å²) in [6.07, 6.45) is 4.00. The van der Waals surface area contributed by atoms with Gasteiger partial charge >= 0.3 is 6.03 Å². The van der Waals surface area contributed by atoms with Crippen LogP contribution in [-0.2, 0) is 16.4 Å². The fraction of sp³-hybridized carbons (Fsp3) is 0.812. The molecule has 1 aromatic heterocycles. The average molecular weight is 388 g/mol. The normalized spacial score (nSPS) is 16.8. The van der Waals surface area contributed by atoms with Crippen molar-refractivity contribution in [1.82, 2.24) is 25.1 Å². The minimum absolute atomic E-state index is 0.109. The van der Waals surface area contributed by atoms with E-state index in [2.05, 4.69) is 34.6 Å². The van der Waals surface area contributed by atoms with Crippen LogP contribution in [0.2, 0.25) is 0 Å². The Labute approximate surface area is 155 Å². The van der Waals surface area contributed by atoms with Crippen molar-refractivity contribution < 1.29 is 17.7 Å². The first kappa shape index (κ1) is 20.6. The Balaban J connectivity index is 1.71. The maximum Gasteiger partial charge on any atom is 0.314 e. The molecule has 1 aromatic rings. The van der Waals surface area contributed by atoms with Crippen LogP contribution < -0.4 is 10.6 Å². The van der Waals surface area contributed by atoms with Gasteiger partial charge in [-0.3, -0.25) is 0 Å². The number of nitrogens with one attached hydrogen (secondary N) is 2. The molecular weight excluding hydrogens is 358 g/mol. The summed E-state index contributed by atoms with van der Waals surface area (Å²) in [7, 11) is -3.14. The summed E-state index contributed by atoms with van der Waals surface area (Å²) in [5.41, 5.74) is 0. The molecule has 0 aromatic carbocycles. The number of carbonyl (C=O) groups excluding carboxylic acids is 1. The van der Waals surface area contributed by atoms with Crippen LogP contribution in [0.25, 0.3) is 0 Å². The van der Waals surface area contributed by atoms with Gasteiger partial charge in [0.15, 0.2) is 5.82 Å². The SMILES string of the molecule is CC(C)CCNC(=O)NCCc1nc(C2CCN(S(C)(=O)=O)CC2)no1. The van der Waals surface area contributed by atoms with E-state index in [4.69, 9.17) is 4.52 Å². The van der Waals surface area contributed by atoms with Gasteiger partial charge in [-0.15, -0.1) is 0 Å². The second-order valence-electron chi connectivity index (χ2n) is 7.10. The first-order chi connectivity index (χ1) is 12.3. The van der Waals surface area contributed by atoms with Gasteiger partial charge in [-0.2, -0.15) is 4.98 Å². The number of rotatable bonds is 8. The molecule has 9 nitrogen and oxygen atoms in total. The standard InChI is InChI=1S/C16H29N5O4S/c1-12(2)4-8-17-16(22)18-9-5-14-19-15(20-25-14)13-6-10-21(11-7-13)26(3,23)24/h12-13H,4-11H2,1-3H3,(H2,17,18,22). The zero-order valence-electron chi connectivity index (χ0n) is 15.7. The Morgan fingerprint density at radius 1 is 1.27 bits per heavy atom. The van der Waals surface area contributed by atoms with Crippen LogP contribution in [0.4, 0.5) is 4.79 Å². The van der Waals surface area contributed by atoms with Crippen molar-refractivity contribution >= 4 is 16.1 Å². The molecule has 2 heterocycles. The predicted molar refractivity (Wildman–Crippen MR) is 97.3 cm³/mol. The smallest absolute Gasteiger partial charge is 0.314 e. The lowest BCUT2D eigenvalue weighted by Crippen LogP contribution is -2.37. The maximum atomic E-state index is 11.6. The molecule has 0 spiro atoms. The van der Waals surface area contributed by atoms with Crippen LogP contribution in [0.3, 0.4) is 0 Å². The van der Waals surface area contributed by atoms with Crippen LogP contribution in [0, 0.1) is 5.92 Å². The Morgan fingerprint density at radius 3 is 2.54 bits per heavy atom. The lowest BCUT2D eigenvalue weighted by molar-refractivity contribution is 0.240. The molecule has 0 unspecified atom stereocenters. The molecule has 1 saturated heterocycles. The fourth-order valence-electron chi connectivity index (χ4n) is 2.80. The molecule has 26 heavy (non-hydrogen) atoms. The van der Waals surface area contributed by atoms with Gasteiger partial charge in [0.1, 0.15) is 0 Å². The molecule has 0 radical (unpaired) electrons. The number of hydrogen-bond acceptors (Lipinski definition) is 6. The summed E-state index contributed by atoms with van der Waals surface area (Å²) in [5, 5.41) is 9.58. The van der Waals surface area contributed by atoms with E-state index in [1.807, 2.05) is 0 Å². The third-order valence-corrected chi connectivity index (χ3v) is 5.71. The lowest BCUT2D eigenvalue weighted by atomic mass is 9.97. The first-order valence-corrected chi connectivity index (χ1v) is 10.9. The lowest BCUT2D eigenvalue weighted by Gasteiger charge is -2.28. The van der Waals surface area contributed by atoms with E-state index in [1.165, 1.54) is 10.6 Å². The molecule has 1 aliphatic heterocycles. The second-order valence-corrected chi connectivity index (χ2v) is 9.08. The topological polar surface area (TPSA) is 117 Å². The molecule has 10 heteroatoms. The largest absolute Gasteiger partial charge is 0.339 e. The molecule has 0 atom stereocenters. The van der Waals surface area contributed by atoms with Crippen LogP contribution >= 0.6 is 0 Å². The summed E-state index contributed by atoms with van der Waals surface area (Å²) < 4.78 is 29.8.